The van der Waals surface area contributed by atoms with E-state index >= 15 is 0 Å². The fourth-order valence-electron chi connectivity index (χ4n) is 4.17. The fraction of sp³-hybridized carbons (Fsp3) is 0.240. The maximum Gasteiger partial charge on any atom is 0.433 e. The lowest BCUT2D eigenvalue weighted by atomic mass is 9.89. The number of ketones is 2. The van der Waals surface area contributed by atoms with Gasteiger partial charge in [0.05, 0.1) is 5.69 Å². The Bertz CT molecular complexity index is 1210. The van der Waals surface area contributed by atoms with E-state index in [1.165, 1.54) is 19.1 Å². The van der Waals surface area contributed by atoms with Crippen molar-refractivity contribution in [1.82, 2.24) is 9.78 Å². The summed E-state index contributed by atoms with van der Waals surface area (Å²) in [7, 11) is 0. The van der Waals surface area contributed by atoms with E-state index in [9.17, 15) is 22.8 Å². The van der Waals surface area contributed by atoms with Crippen molar-refractivity contribution in [2.45, 2.75) is 32.2 Å². The van der Waals surface area contributed by atoms with E-state index in [1.807, 2.05) is 0 Å². The van der Waals surface area contributed by atoms with Gasteiger partial charge in [-0.15, -0.1) is 0 Å². The zero-order chi connectivity index (χ0) is 23.9. The van der Waals surface area contributed by atoms with Gasteiger partial charge in [-0.1, -0.05) is 61.2 Å². The molecule has 0 bridgehead atoms. The smallest absolute Gasteiger partial charge is 0.357 e. The van der Waals surface area contributed by atoms with Gasteiger partial charge in [0.15, 0.2) is 17.3 Å². The third-order valence-electron chi connectivity index (χ3n) is 5.64. The van der Waals surface area contributed by atoms with Crippen molar-refractivity contribution < 1.29 is 27.5 Å². The van der Waals surface area contributed by atoms with Crippen LogP contribution in [-0.2, 0) is 10.9 Å². The van der Waals surface area contributed by atoms with Crippen molar-refractivity contribution in [3.63, 3.8) is 0 Å². The van der Waals surface area contributed by atoms with E-state index in [0.717, 1.165) is 0 Å². The van der Waals surface area contributed by atoms with Gasteiger partial charge in [-0.05, 0) is 25.0 Å². The molecule has 1 aliphatic rings. The van der Waals surface area contributed by atoms with Crippen LogP contribution in [-0.4, -0.2) is 28.0 Å². The molecule has 33 heavy (non-hydrogen) atoms. The molecule has 0 N–H and O–H groups in total. The van der Waals surface area contributed by atoms with Crippen molar-refractivity contribution in [2.75, 3.05) is 6.61 Å². The van der Waals surface area contributed by atoms with Gasteiger partial charge >= 0.3 is 6.18 Å². The molecular weight excluding hydrogens is 433 g/mol. The molecule has 0 saturated heterocycles. The topological polar surface area (TPSA) is 61.2 Å². The Balaban J connectivity index is 2.00. The second-order valence-electron chi connectivity index (χ2n) is 7.66. The first-order chi connectivity index (χ1) is 15.7. The van der Waals surface area contributed by atoms with Gasteiger partial charge in [-0.25, -0.2) is 4.68 Å². The van der Waals surface area contributed by atoms with E-state index in [1.54, 1.807) is 49.4 Å². The summed E-state index contributed by atoms with van der Waals surface area (Å²) < 4.78 is 49.3. The molecular formula is C25H21F3N2O3. The molecule has 3 aromatic rings. The summed E-state index contributed by atoms with van der Waals surface area (Å²) in [5.41, 5.74) is -0.972. The largest absolute Gasteiger partial charge is 0.433 e. The standard InChI is InChI=1S/C25H21F3N2O3/c1-4-33-15(3)30-24(25(26,27)28)19(14(2)16-10-6-5-7-11-16)21(29-30)20-22(31)17-12-8-9-13-18(17)23(20)32/h5-13,15,20H,2,4H2,1,3H3. The molecule has 0 spiro atoms. The molecule has 0 saturated carbocycles. The number of carbonyl (C=O) groups excluding carboxylic acids is 2. The van der Waals surface area contributed by atoms with E-state index in [-0.39, 0.29) is 34.6 Å². The van der Waals surface area contributed by atoms with Crippen molar-refractivity contribution in [2.24, 2.45) is 0 Å². The molecule has 1 atom stereocenters. The molecule has 2 aromatic carbocycles. The highest BCUT2D eigenvalue weighted by atomic mass is 19.4. The number of nitrogens with zero attached hydrogens (tertiary/aromatic N) is 2. The zero-order valence-corrected chi connectivity index (χ0v) is 18.0. The molecule has 170 valence electrons. The maximum absolute atomic E-state index is 14.4. The summed E-state index contributed by atoms with van der Waals surface area (Å²) in [6, 6.07) is 14.5. The Morgan fingerprint density at radius 2 is 1.61 bits per heavy atom. The van der Waals surface area contributed by atoms with Gasteiger partial charge in [0.2, 0.25) is 0 Å². The lowest BCUT2D eigenvalue weighted by Gasteiger charge is -2.18. The highest BCUT2D eigenvalue weighted by Gasteiger charge is 2.48. The van der Waals surface area contributed by atoms with Gasteiger partial charge in [-0.3, -0.25) is 9.59 Å². The normalized spacial score (nSPS) is 15.1. The predicted molar refractivity (Wildman–Crippen MR) is 116 cm³/mol. The number of benzene rings is 2. The van der Waals surface area contributed by atoms with Crippen LogP contribution in [0.25, 0.3) is 5.57 Å². The Morgan fingerprint density at radius 1 is 1.06 bits per heavy atom. The van der Waals surface area contributed by atoms with Crippen LogP contribution in [0.4, 0.5) is 13.2 Å². The average molecular weight is 454 g/mol. The van der Waals surface area contributed by atoms with E-state index in [0.29, 0.717) is 10.2 Å². The predicted octanol–water partition coefficient (Wildman–Crippen LogP) is 5.68. The summed E-state index contributed by atoms with van der Waals surface area (Å²) in [5.74, 6) is -2.66. The molecule has 0 fully saturated rings. The minimum absolute atomic E-state index is 0.0180. The highest BCUT2D eigenvalue weighted by molar-refractivity contribution is 6.29. The zero-order valence-electron chi connectivity index (χ0n) is 18.0. The van der Waals surface area contributed by atoms with E-state index in [4.69, 9.17) is 4.74 Å². The maximum atomic E-state index is 14.4. The molecule has 1 aliphatic carbocycles. The Kier molecular flexibility index (Phi) is 5.80. The van der Waals surface area contributed by atoms with Crippen LogP contribution in [0.3, 0.4) is 0 Å². The van der Waals surface area contributed by atoms with E-state index < -0.39 is 35.6 Å². The van der Waals surface area contributed by atoms with Crippen LogP contribution in [0.1, 0.15) is 69.2 Å². The van der Waals surface area contributed by atoms with Crippen LogP contribution in [0, 0.1) is 0 Å². The first-order valence-electron chi connectivity index (χ1n) is 10.4. The lowest BCUT2D eigenvalue weighted by Crippen LogP contribution is -2.21. The second kappa shape index (κ2) is 8.44. The number of rotatable bonds is 6. The summed E-state index contributed by atoms with van der Waals surface area (Å²) in [5, 5.41) is 4.18. The number of alkyl halides is 3. The molecule has 0 amide bonds. The molecule has 5 nitrogen and oxygen atoms in total. The van der Waals surface area contributed by atoms with Crippen molar-refractivity contribution >= 4 is 17.1 Å². The summed E-state index contributed by atoms with van der Waals surface area (Å²) in [6.07, 6.45) is -5.93. The number of halogens is 3. The second-order valence-corrected chi connectivity index (χ2v) is 7.66. The van der Waals surface area contributed by atoms with Gasteiger partial charge in [0.1, 0.15) is 12.1 Å². The molecule has 1 aromatic heterocycles. The van der Waals surface area contributed by atoms with Gasteiger partial charge in [-0.2, -0.15) is 18.3 Å². The van der Waals surface area contributed by atoms with Crippen LogP contribution >= 0.6 is 0 Å². The molecule has 8 heteroatoms. The Hall–Kier alpha value is -3.52. The number of carbonyl (C=O) groups is 2. The molecule has 0 aliphatic heterocycles. The minimum Gasteiger partial charge on any atom is -0.357 e. The van der Waals surface area contributed by atoms with Crippen molar-refractivity contribution in [1.29, 1.82) is 0 Å². The number of fused-ring (bicyclic) bond motifs is 1. The number of hydrogen-bond donors (Lipinski definition) is 0. The SMILES string of the molecule is C=C(c1ccccc1)c1c(C2C(=O)c3ccccc3C2=O)nn(C(C)OCC)c1C(F)(F)F. The van der Waals surface area contributed by atoms with Gasteiger partial charge < -0.3 is 4.74 Å². The number of Topliss-reactive ketones (excluding diaryl/α,β-unsaturated/α-hetero) is 2. The molecule has 1 unspecified atom stereocenters. The van der Waals surface area contributed by atoms with Crippen LogP contribution in [0.15, 0.2) is 61.2 Å². The lowest BCUT2D eigenvalue weighted by molar-refractivity contribution is -0.149. The highest BCUT2D eigenvalue weighted by Crippen LogP contribution is 2.44. The first kappa shape index (κ1) is 22.7. The monoisotopic (exact) mass is 454 g/mol. The van der Waals surface area contributed by atoms with Crippen molar-refractivity contribution in [3.8, 4) is 0 Å². The third-order valence-corrected chi connectivity index (χ3v) is 5.64. The quantitative estimate of drug-likeness (QED) is 0.450. The van der Waals surface area contributed by atoms with Gasteiger partial charge in [0, 0.05) is 23.3 Å². The molecule has 0 radical (unpaired) electrons. The molecule has 4 rings (SSSR count). The van der Waals surface area contributed by atoms with Crippen LogP contribution in [0.2, 0.25) is 0 Å². The molecule has 1 heterocycles. The summed E-state index contributed by atoms with van der Waals surface area (Å²) in [4.78, 5) is 26.3. The third kappa shape index (κ3) is 3.80. The number of aromatic nitrogens is 2. The van der Waals surface area contributed by atoms with Crippen LogP contribution in [0.5, 0.6) is 0 Å². The van der Waals surface area contributed by atoms with Crippen molar-refractivity contribution in [3.05, 3.63) is 94.8 Å². The van der Waals surface area contributed by atoms with Gasteiger partial charge in [0.25, 0.3) is 0 Å². The number of hydrogen-bond acceptors (Lipinski definition) is 4. The number of ether oxygens (including phenoxy) is 1. The van der Waals surface area contributed by atoms with Crippen LogP contribution < -0.4 is 0 Å². The summed E-state index contributed by atoms with van der Waals surface area (Å²) >= 11 is 0. The fourth-order valence-corrected chi connectivity index (χ4v) is 4.17. The Labute approximate surface area is 188 Å². The summed E-state index contributed by atoms with van der Waals surface area (Å²) in [6.45, 7) is 7.13. The Morgan fingerprint density at radius 3 is 2.12 bits per heavy atom. The van der Waals surface area contributed by atoms with E-state index in [2.05, 4.69) is 11.7 Å². The average Bonchev–Trinajstić information content (AvgIpc) is 3.30. The first-order valence-corrected chi connectivity index (χ1v) is 10.4. The minimum atomic E-state index is -4.85.